The van der Waals surface area contributed by atoms with E-state index >= 15 is 0 Å². The van der Waals surface area contributed by atoms with Crippen molar-refractivity contribution in [2.24, 2.45) is 0 Å². The predicted molar refractivity (Wildman–Crippen MR) is 162 cm³/mol. The molecule has 0 saturated carbocycles. The third kappa shape index (κ3) is 5.02. The molecule has 2 N–H and O–H groups in total. The topological polar surface area (TPSA) is 92.7 Å². The molecule has 7 nitrogen and oxygen atoms in total. The number of pyridine rings is 2. The van der Waals surface area contributed by atoms with Crippen LogP contribution in [-0.4, -0.2) is 19.5 Å². The number of nitrogens with one attached hydrogen (secondary N) is 2. The van der Waals surface area contributed by atoms with Crippen LogP contribution in [0.5, 0.6) is 0 Å². The number of para-hydroxylation sites is 1. The minimum atomic E-state index is -4.58. The number of alkyl halides is 3. The number of halogens is 5. The lowest BCUT2D eigenvalue weighted by molar-refractivity contribution is -0.137. The van der Waals surface area contributed by atoms with Crippen LogP contribution in [0.4, 0.5) is 19.0 Å². The predicted octanol–water partition coefficient (Wildman–Crippen LogP) is 7.79. The van der Waals surface area contributed by atoms with Gasteiger partial charge in [0.2, 0.25) is 0 Å². The van der Waals surface area contributed by atoms with E-state index in [9.17, 15) is 22.8 Å². The van der Waals surface area contributed by atoms with E-state index in [4.69, 9.17) is 23.2 Å². The fourth-order valence-corrected chi connectivity index (χ4v) is 5.85. The Morgan fingerprint density at radius 1 is 0.907 bits per heavy atom. The van der Waals surface area contributed by atoms with E-state index in [1.54, 1.807) is 55.5 Å². The first-order valence-electron chi connectivity index (χ1n) is 12.9. The zero-order chi connectivity index (χ0) is 30.5. The highest BCUT2D eigenvalue weighted by atomic mass is 35.5. The molecule has 0 bridgehead atoms. The van der Waals surface area contributed by atoms with Crippen LogP contribution in [0.1, 0.15) is 24.2 Å². The molecule has 12 heteroatoms. The molecule has 0 aliphatic carbocycles. The summed E-state index contributed by atoms with van der Waals surface area (Å²) >= 11 is 13.4. The maximum atomic E-state index is 14.4. The lowest BCUT2D eigenvalue weighted by Crippen LogP contribution is -2.27. The molecule has 0 aliphatic rings. The van der Waals surface area contributed by atoms with Gasteiger partial charge in [-0.05, 0) is 36.8 Å². The van der Waals surface area contributed by atoms with Crippen molar-refractivity contribution < 1.29 is 13.2 Å². The summed E-state index contributed by atoms with van der Waals surface area (Å²) in [5.41, 5.74) is 0.115. The van der Waals surface area contributed by atoms with E-state index in [1.165, 1.54) is 29.2 Å². The number of fused-ring (bicyclic) bond motifs is 2. The number of hydrogen-bond acceptors (Lipinski definition) is 5. The number of nitrogens with zero attached hydrogens (tertiary/aromatic N) is 3. The first-order chi connectivity index (χ1) is 20.6. The Kier molecular flexibility index (Phi) is 7.19. The quantitative estimate of drug-likeness (QED) is 0.205. The zero-order valence-electron chi connectivity index (χ0n) is 22.2. The van der Waals surface area contributed by atoms with Crippen LogP contribution in [0.25, 0.3) is 38.6 Å². The van der Waals surface area contributed by atoms with Gasteiger partial charge in [-0.1, -0.05) is 65.7 Å². The first-order valence-corrected chi connectivity index (χ1v) is 13.7. The summed E-state index contributed by atoms with van der Waals surface area (Å²) in [7, 11) is 0. The normalized spacial score (nSPS) is 12.5. The second kappa shape index (κ2) is 10.9. The van der Waals surface area contributed by atoms with Crippen LogP contribution in [0.2, 0.25) is 10.0 Å². The molecule has 0 amide bonds. The molecule has 1 atom stereocenters. The highest BCUT2D eigenvalue weighted by Crippen LogP contribution is 2.40. The average Bonchev–Trinajstić information content (AvgIpc) is 2.98. The van der Waals surface area contributed by atoms with E-state index < -0.39 is 23.3 Å². The summed E-state index contributed by atoms with van der Waals surface area (Å²) in [4.78, 5) is 38.4. The molecule has 3 aromatic carbocycles. The summed E-state index contributed by atoms with van der Waals surface area (Å²) in [5.74, 6) is 0.243. The Hall–Kier alpha value is -4.67. The van der Waals surface area contributed by atoms with Gasteiger partial charge >= 0.3 is 6.18 Å². The second-order valence-electron chi connectivity index (χ2n) is 9.75. The van der Waals surface area contributed by atoms with Crippen LogP contribution in [-0.2, 0) is 6.18 Å². The molecular weight excluding hydrogens is 602 g/mol. The van der Waals surface area contributed by atoms with E-state index in [0.717, 1.165) is 12.1 Å². The van der Waals surface area contributed by atoms with E-state index in [0.29, 0.717) is 28.0 Å². The van der Waals surface area contributed by atoms with Crippen LogP contribution >= 0.6 is 23.2 Å². The molecular formula is C31H20Cl2F3N5O2. The minimum absolute atomic E-state index is 0.163. The van der Waals surface area contributed by atoms with Crippen molar-refractivity contribution in [1.29, 1.82) is 0 Å². The van der Waals surface area contributed by atoms with E-state index in [-0.39, 0.29) is 37.6 Å². The van der Waals surface area contributed by atoms with Gasteiger partial charge in [0.15, 0.2) is 5.43 Å². The van der Waals surface area contributed by atoms with Gasteiger partial charge in [0.05, 0.1) is 27.7 Å². The molecule has 0 unspecified atom stereocenters. The summed E-state index contributed by atoms with van der Waals surface area (Å²) < 4.78 is 41.4. The largest absolute Gasteiger partial charge is 0.416 e. The molecule has 43 heavy (non-hydrogen) atoms. The Labute approximate surface area is 251 Å². The Balaban J connectivity index is 1.60. The SMILES string of the molecule is C[C@H](Nc1ncnc2[nH]ccc(=O)c12)c1c(Cl)c2cccc(-c3ccc(C(F)(F)F)cc3Cl)c2c(=O)n1-c1ccccc1. The van der Waals surface area contributed by atoms with Gasteiger partial charge < -0.3 is 10.3 Å². The first kappa shape index (κ1) is 28.4. The molecule has 3 aromatic heterocycles. The summed E-state index contributed by atoms with van der Waals surface area (Å²) in [5, 5.41) is 4.07. The zero-order valence-corrected chi connectivity index (χ0v) is 23.7. The third-order valence-corrected chi connectivity index (χ3v) is 7.81. The van der Waals surface area contributed by atoms with Crippen molar-refractivity contribution in [1.82, 2.24) is 19.5 Å². The van der Waals surface area contributed by atoms with Crippen LogP contribution in [0.15, 0.2) is 94.9 Å². The van der Waals surface area contributed by atoms with Crippen molar-refractivity contribution in [2.75, 3.05) is 5.32 Å². The van der Waals surface area contributed by atoms with Crippen molar-refractivity contribution >= 4 is 50.8 Å². The summed E-state index contributed by atoms with van der Waals surface area (Å²) in [6, 6.07) is 17.4. The van der Waals surface area contributed by atoms with Crippen molar-refractivity contribution in [3.05, 3.63) is 127 Å². The van der Waals surface area contributed by atoms with Crippen molar-refractivity contribution in [3.8, 4) is 16.8 Å². The fourth-order valence-electron chi connectivity index (χ4n) is 5.17. The molecule has 0 fully saturated rings. The second-order valence-corrected chi connectivity index (χ2v) is 10.5. The third-order valence-electron chi connectivity index (χ3n) is 7.10. The van der Waals surface area contributed by atoms with E-state index in [1.807, 2.05) is 0 Å². The van der Waals surface area contributed by atoms with Crippen LogP contribution < -0.4 is 16.3 Å². The van der Waals surface area contributed by atoms with Gasteiger partial charge in [-0.25, -0.2) is 9.97 Å². The number of aromatic nitrogens is 4. The molecule has 0 saturated heterocycles. The molecule has 3 heterocycles. The Morgan fingerprint density at radius 3 is 2.40 bits per heavy atom. The molecule has 6 rings (SSSR count). The van der Waals surface area contributed by atoms with Gasteiger partial charge in [0.1, 0.15) is 23.2 Å². The number of hydrogen-bond donors (Lipinski definition) is 2. The maximum absolute atomic E-state index is 14.4. The van der Waals surface area contributed by atoms with Crippen LogP contribution in [0.3, 0.4) is 0 Å². The van der Waals surface area contributed by atoms with Gasteiger partial charge in [-0.15, -0.1) is 0 Å². The lowest BCUT2D eigenvalue weighted by Gasteiger charge is -2.24. The monoisotopic (exact) mass is 621 g/mol. The Bertz CT molecular complexity index is 2140. The molecule has 6 aromatic rings. The number of rotatable bonds is 5. The number of benzene rings is 3. The molecule has 0 aliphatic heterocycles. The van der Waals surface area contributed by atoms with Crippen molar-refractivity contribution in [2.45, 2.75) is 19.1 Å². The minimum Gasteiger partial charge on any atom is -0.361 e. The standard InChI is InChI=1S/C31H20Cl2F3N5O2/c1-16(40-29-25-23(42)12-13-37-28(25)38-15-39-29)27-26(33)21-9-5-8-20(19-11-10-17(14-22(19)32)31(34,35)36)24(21)30(43)41(27)18-6-3-2-4-7-18/h2-16H,1H3,(H2,37,38,39,40,42)/t16-/m0/s1. The Morgan fingerprint density at radius 2 is 1.67 bits per heavy atom. The van der Waals surface area contributed by atoms with Gasteiger partial charge in [0.25, 0.3) is 5.56 Å². The average molecular weight is 622 g/mol. The molecule has 0 radical (unpaired) electrons. The summed E-state index contributed by atoms with van der Waals surface area (Å²) in [6.45, 7) is 1.77. The van der Waals surface area contributed by atoms with Gasteiger partial charge in [-0.3, -0.25) is 14.2 Å². The van der Waals surface area contributed by atoms with Crippen molar-refractivity contribution in [3.63, 3.8) is 0 Å². The fraction of sp³-hybridized carbons (Fsp3) is 0.0968. The summed E-state index contributed by atoms with van der Waals surface area (Å²) in [6.07, 6.45) is -1.79. The maximum Gasteiger partial charge on any atom is 0.416 e. The highest BCUT2D eigenvalue weighted by molar-refractivity contribution is 6.37. The lowest BCUT2D eigenvalue weighted by atomic mass is 9.96. The number of aromatic amines is 1. The molecule has 0 spiro atoms. The molecule has 216 valence electrons. The van der Waals surface area contributed by atoms with Gasteiger partial charge in [0, 0.05) is 33.9 Å². The number of H-pyrrole nitrogens is 1. The van der Waals surface area contributed by atoms with E-state index in [2.05, 4.69) is 20.3 Å². The van der Waals surface area contributed by atoms with Crippen LogP contribution in [0, 0.1) is 0 Å². The smallest absolute Gasteiger partial charge is 0.361 e. The highest BCUT2D eigenvalue weighted by Gasteiger charge is 2.31. The van der Waals surface area contributed by atoms with Gasteiger partial charge in [-0.2, -0.15) is 13.2 Å². The number of anilines is 1.